The number of hydrogen-bond acceptors (Lipinski definition) is 3. The maximum Gasteiger partial charge on any atom is 0.169 e. The van der Waals surface area contributed by atoms with E-state index in [1.165, 1.54) is 5.56 Å². The number of thiocarbonyl (C=S) groups is 1. The van der Waals surface area contributed by atoms with Crippen LogP contribution in [-0.4, -0.2) is 60.8 Å². The van der Waals surface area contributed by atoms with E-state index in [-0.39, 0.29) is 0 Å². The second kappa shape index (κ2) is 10.1. The lowest BCUT2D eigenvalue weighted by molar-refractivity contribution is 0.153. The van der Waals surface area contributed by atoms with Crippen molar-refractivity contribution in [1.82, 2.24) is 15.1 Å². The molecule has 1 aliphatic rings. The molecule has 1 saturated heterocycles. The molecular weight excluding hydrogens is 342 g/mol. The first kappa shape index (κ1) is 18.7. The summed E-state index contributed by atoms with van der Waals surface area (Å²) in [4.78, 5) is 4.71. The first-order chi connectivity index (χ1) is 12.8. The summed E-state index contributed by atoms with van der Waals surface area (Å²) in [5, 5.41) is 4.27. The van der Waals surface area contributed by atoms with Gasteiger partial charge in [0.15, 0.2) is 5.11 Å². The molecule has 2 aromatic rings. The van der Waals surface area contributed by atoms with Gasteiger partial charge in [-0.1, -0.05) is 48.5 Å². The van der Waals surface area contributed by atoms with Crippen LogP contribution in [0.25, 0.3) is 0 Å². The van der Waals surface area contributed by atoms with Crippen molar-refractivity contribution in [3.8, 4) is 5.75 Å². The average molecular weight is 370 g/mol. The number of benzene rings is 2. The number of nitrogens with zero attached hydrogens (tertiary/aromatic N) is 2. The quantitative estimate of drug-likeness (QED) is 0.758. The minimum Gasteiger partial charge on any atom is -0.492 e. The molecule has 0 unspecified atom stereocenters. The van der Waals surface area contributed by atoms with Gasteiger partial charge in [-0.2, -0.15) is 0 Å². The minimum absolute atomic E-state index is 0.726. The number of ether oxygens (including phenoxy) is 1. The summed E-state index contributed by atoms with van der Waals surface area (Å²) >= 11 is 5.55. The third-order valence-corrected chi connectivity index (χ3v) is 5.01. The largest absolute Gasteiger partial charge is 0.492 e. The smallest absolute Gasteiger partial charge is 0.169 e. The topological polar surface area (TPSA) is 27.7 Å². The van der Waals surface area contributed by atoms with Crippen LogP contribution in [0.15, 0.2) is 60.7 Å². The molecule has 2 aromatic carbocycles. The molecule has 1 aliphatic heterocycles. The lowest BCUT2D eigenvalue weighted by Crippen LogP contribution is -2.52. The Morgan fingerprint density at radius 3 is 2.27 bits per heavy atom. The molecule has 0 amide bonds. The van der Waals surface area contributed by atoms with Crippen LogP contribution in [0.3, 0.4) is 0 Å². The molecule has 1 fully saturated rings. The summed E-state index contributed by atoms with van der Waals surface area (Å²) in [7, 11) is 0. The van der Waals surface area contributed by atoms with Gasteiger partial charge < -0.3 is 15.0 Å². The van der Waals surface area contributed by atoms with Gasteiger partial charge in [-0.05, 0) is 36.3 Å². The van der Waals surface area contributed by atoms with Crippen molar-refractivity contribution >= 4 is 17.3 Å². The third-order valence-electron chi connectivity index (χ3n) is 4.61. The van der Waals surface area contributed by atoms with E-state index in [0.29, 0.717) is 0 Å². The molecule has 4 nitrogen and oxygen atoms in total. The van der Waals surface area contributed by atoms with Crippen molar-refractivity contribution < 1.29 is 4.74 Å². The highest BCUT2D eigenvalue weighted by atomic mass is 32.1. The number of hydrogen-bond donors (Lipinski definition) is 1. The zero-order chi connectivity index (χ0) is 18.0. The Balaban J connectivity index is 1.29. The van der Waals surface area contributed by atoms with E-state index in [9.17, 15) is 0 Å². The van der Waals surface area contributed by atoms with E-state index in [0.717, 1.165) is 63.2 Å². The van der Waals surface area contributed by atoms with Crippen LogP contribution in [0.2, 0.25) is 0 Å². The molecule has 1 heterocycles. The Bertz CT molecular complexity index is 657. The third kappa shape index (κ3) is 6.00. The van der Waals surface area contributed by atoms with E-state index in [1.54, 1.807) is 0 Å². The van der Waals surface area contributed by atoms with Crippen molar-refractivity contribution in [3.63, 3.8) is 0 Å². The SMILES string of the molecule is S=C(NCCc1ccccc1)N1CCN(CCOc2ccccc2)CC1. The number of nitrogens with one attached hydrogen (secondary N) is 1. The van der Waals surface area contributed by atoms with E-state index in [4.69, 9.17) is 17.0 Å². The number of piperazine rings is 1. The highest BCUT2D eigenvalue weighted by molar-refractivity contribution is 7.80. The Hall–Kier alpha value is -2.11. The Kier molecular flexibility index (Phi) is 7.28. The highest BCUT2D eigenvalue weighted by Gasteiger charge is 2.18. The van der Waals surface area contributed by atoms with Gasteiger partial charge in [0, 0.05) is 39.3 Å². The zero-order valence-electron chi connectivity index (χ0n) is 15.1. The number of rotatable bonds is 7. The molecule has 0 saturated carbocycles. The molecule has 0 bridgehead atoms. The molecule has 138 valence electrons. The highest BCUT2D eigenvalue weighted by Crippen LogP contribution is 2.09. The molecule has 26 heavy (non-hydrogen) atoms. The summed E-state index contributed by atoms with van der Waals surface area (Å²) in [6.45, 7) is 6.57. The van der Waals surface area contributed by atoms with Gasteiger partial charge in [0.25, 0.3) is 0 Å². The molecule has 0 aliphatic carbocycles. The zero-order valence-corrected chi connectivity index (χ0v) is 16.0. The Morgan fingerprint density at radius 2 is 1.58 bits per heavy atom. The fourth-order valence-electron chi connectivity index (χ4n) is 3.05. The van der Waals surface area contributed by atoms with Crippen molar-refractivity contribution in [2.75, 3.05) is 45.9 Å². The minimum atomic E-state index is 0.726. The lowest BCUT2D eigenvalue weighted by atomic mass is 10.1. The van der Waals surface area contributed by atoms with Crippen molar-refractivity contribution in [3.05, 3.63) is 66.2 Å². The predicted molar refractivity (Wildman–Crippen MR) is 111 cm³/mol. The number of para-hydroxylation sites is 1. The normalized spacial score (nSPS) is 14.8. The second-order valence-corrected chi connectivity index (χ2v) is 6.84. The van der Waals surface area contributed by atoms with Crippen molar-refractivity contribution in [2.45, 2.75) is 6.42 Å². The van der Waals surface area contributed by atoms with Gasteiger partial charge in [0.1, 0.15) is 12.4 Å². The summed E-state index contributed by atoms with van der Waals surface area (Å²) in [6.07, 6.45) is 0.998. The summed E-state index contributed by atoms with van der Waals surface area (Å²) < 4.78 is 5.78. The molecule has 1 N–H and O–H groups in total. The lowest BCUT2D eigenvalue weighted by Gasteiger charge is -2.36. The maximum absolute atomic E-state index is 5.78. The average Bonchev–Trinajstić information content (AvgIpc) is 2.70. The summed E-state index contributed by atoms with van der Waals surface area (Å²) in [5.74, 6) is 0.940. The van der Waals surface area contributed by atoms with Gasteiger partial charge in [-0.3, -0.25) is 4.90 Å². The molecule has 3 rings (SSSR count). The fraction of sp³-hybridized carbons (Fsp3) is 0.381. The van der Waals surface area contributed by atoms with Gasteiger partial charge in [-0.25, -0.2) is 0 Å². The predicted octanol–water partition coefficient (Wildman–Crippen LogP) is 2.80. The Morgan fingerprint density at radius 1 is 0.923 bits per heavy atom. The molecule has 0 aromatic heterocycles. The standard InChI is InChI=1S/C21H27N3OS/c26-21(22-12-11-19-7-3-1-4-8-19)24-15-13-23(14-16-24)17-18-25-20-9-5-2-6-10-20/h1-10H,11-18H2,(H,22,26). The van der Waals surface area contributed by atoms with Crippen LogP contribution in [-0.2, 0) is 6.42 Å². The van der Waals surface area contributed by atoms with Crippen LogP contribution in [0.4, 0.5) is 0 Å². The van der Waals surface area contributed by atoms with Gasteiger partial charge >= 0.3 is 0 Å². The van der Waals surface area contributed by atoms with Crippen LogP contribution >= 0.6 is 12.2 Å². The first-order valence-corrected chi connectivity index (χ1v) is 9.69. The van der Waals surface area contributed by atoms with Crippen LogP contribution in [0, 0.1) is 0 Å². The monoisotopic (exact) mass is 369 g/mol. The van der Waals surface area contributed by atoms with E-state index in [1.807, 2.05) is 36.4 Å². The summed E-state index contributed by atoms with van der Waals surface area (Å²) in [6, 6.07) is 20.5. The van der Waals surface area contributed by atoms with Gasteiger partial charge in [0.05, 0.1) is 0 Å². The van der Waals surface area contributed by atoms with Gasteiger partial charge in [-0.15, -0.1) is 0 Å². The Labute approximate surface area is 161 Å². The van der Waals surface area contributed by atoms with Gasteiger partial charge in [0.2, 0.25) is 0 Å². The van der Waals surface area contributed by atoms with E-state index >= 15 is 0 Å². The molecule has 0 spiro atoms. The summed E-state index contributed by atoms with van der Waals surface area (Å²) in [5.41, 5.74) is 1.34. The molecule has 5 heteroatoms. The van der Waals surface area contributed by atoms with Crippen LogP contribution < -0.4 is 10.1 Å². The molecule has 0 atom stereocenters. The van der Waals surface area contributed by atoms with Crippen molar-refractivity contribution in [2.24, 2.45) is 0 Å². The van der Waals surface area contributed by atoms with E-state index < -0.39 is 0 Å². The second-order valence-electron chi connectivity index (χ2n) is 6.46. The maximum atomic E-state index is 5.78. The van der Waals surface area contributed by atoms with Crippen LogP contribution in [0.1, 0.15) is 5.56 Å². The van der Waals surface area contributed by atoms with Crippen LogP contribution in [0.5, 0.6) is 5.75 Å². The first-order valence-electron chi connectivity index (χ1n) is 9.28. The fourth-order valence-corrected chi connectivity index (χ4v) is 3.34. The van der Waals surface area contributed by atoms with E-state index in [2.05, 4.69) is 39.4 Å². The molecule has 0 radical (unpaired) electrons. The molecular formula is C21H27N3OS. The van der Waals surface area contributed by atoms with Crippen molar-refractivity contribution in [1.29, 1.82) is 0 Å².